The predicted octanol–water partition coefficient (Wildman–Crippen LogP) is 3.12. The van der Waals surface area contributed by atoms with Crippen molar-refractivity contribution in [3.63, 3.8) is 0 Å². The first-order chi connectivity index (χ1) is 7.80. The van der Waals surface area contributed by atoms with Crippen LogP contribution in [0.1, 0.15) is 53.4 Å². The van der Waals surface area contributed by atoms with E-state index in [2.05, 4.69) is 39.6 Å². The van der Waals surface area contributed by atoms with E-state index in [0.717, 1.165) is 5.92 Å². The minimum atomic E-state index is 0.421. The molecule has 102 valence electrons. The fourth-order valence-electron chi connectivity index (χ4n) is 2.93. The maximum Gasteiger partial charge on any atom is 0.00797 e. The van der Waals surface area contributed by atoms with Gasteiger partial charge in [0, 0.05) is 12.6 Å². The van der Waals surface area contributed by atoms with Crippen LogP contribution in [-0.2, 0) is 0 Å². The summed E-state index contributed by atoms with van der Waals surface area (Å²) in [5.74, 6) is 1.49. The van der Waals surface area contributed by atoms with Crippen molar-refractivity contribution in [3.8, 4) is 0 Å². The van der Waals surface area contributed by atoms with Crippen LogP contribution in [0.5, 0.6) is 0 Å². The molecule has 1 aliphatic rings. The van der Waals surface area contributed by atoms with E-state index in [1.807, 2.05) is 0 Å². The van der Waals surface area contributed by atoms with Crippen LogP contribution in [0.2, 0.25) is 0 Å². The van der Waals surface area contributed by atoms with Crippen LogP contribution in [0.15, 0.2) is 0 Å². The first kappa shape index (κ1) is 15.0. The molecule has 1 rings (SSSR count). The van der Waals surface area contributed by atoms with Gasteiger partial charge in [0.05, 0.1) is 0 Å². The van der Waals surface area contributed by atoms with Gasteiger partial charge in [0.1, 0.15) is 0 Å². The SMILES string of the molecule is CC(C)CCN(C)CC1CC(C)(C)CCC1N. The molecule has 0 aromatic rings. The Morgan fingerprint density at radius 2 is 2.00 bits per heavy atom. The van der Waals surface area contributed by atoms with Gasteiger partial charge < -0.3 is 10.6 Å². The summed E-state index contributed by atoms with van der Waals surface area (Å²) in [5.41, 5.74) is 6.78. The lowest BCUT2D eigenvalue weighted by Gasteiger charge is -2.40. The fourth-order valence-corrected chi connectivity index (χ4v) is 2.93. The monoisotopic (exact) mass is 240 g/mol. The second-order valence-electron chi connectivity index (χ2n) is 7.28. The van der Waals surface area contributed by atoms with Gasteiger partial charge >= 0.3 is 0 Å². The average Bonchev–Trinajstić information content (AvgIpc) is 2.20. The van der Waals surface area contributed by atoms with Crippen LogP contribution >= 0.6 is 0 Å². The summed E-state index contributed by atoms with van der Waals surface area (Å²) in [4.78, 5) is 2.48. The number of nitrogens with zero attached hydrogens (tertiary/aromatic N) is 1. The summed E-state index contributed by atoms with van der Waals surface area (Å²) in [5, 5.41) is 0. The predicted molar refractivity (Wildman–Crippen MR) is 76.0 cm³/mol. The van der Waals surface area contributed by atoms with Crippen molar-refractivity contribution < 1.29 is 0 Å². The van der Waals surface area contributed by atoms with E-state index in [9.17, 15) is 0 Å². The van der Waals surface area contributed by atoms with E-state index in [0.29, 0.717) is 17.4 Å². The lowest BCUT2D eigenvalue weighted by Crippen LogP contribution is -2.44. The Balaban J connectivity index is 2.38. The normalized spacial score (nSPS) is 28.9. The highest BCUT2D eigenvalue weighted by Crippen LogP contribution is 2.38. The van der Waals surface area contributed by atoms with Gasteiger partial charge in [-0.05, 0) is 56.5 Å². The molecule has 1 fully saturated rings. The fraction of sp³-hybridized carbons (Fsp3) is 1.00. The van der Waals surface area contributed by atoms with Gasteiger partial charge in [-0.25, -0.2) is 0 Å². The molecule has 2 unspecified atom stereocenters. The highest BCUT2D eigenvalue weighted by molar-refractivity contribution is 4.88. The third kappa shape index (κ3) is 5.39. The van der Waals surface area contributed by atoms with Crippen molar-refractivity contribution >= 4 is 0 Å². The summed E-state index contributed by atoms with van der Waals surface area (Å²) in [6.45, 7) is 11.8. The van der Waals surface area contributed by atoms with E-state index >= 15 is 0 Å². The molecule has 17 heavy (non-hydrogen) atoms. The molecular weight excluding hydrogens is 208 g/mol. The zero-order valence-corrected chi connectivity index (χ0v) is 12.5. The van der Waals surface area contributed by atoms with Crippen molar-refractivity contribution in [2.45, 2.75) is 59.4 Å². The Labute approximate surface area is 108 Å². The molecule has 0 amide bonds. The van der Waals surface area contributed by atoms with Gasteiger partial charge in [0.2, 0.25) is 0 Å². The Morgan fingerprint density at radius 3 is 2.59 bits per heavy atom. The quantitative estimate of drug-likeness (QED) is 0.800. The molecule has 0 aromatic carbocycles. The first-order valence-corrected chi connectivity index (χ1v) is 7.24. The minimum Gasteiger partial charge on any atom is -0.327 e. The van der Waals surface area contributed by atoms with Crippen LogP contribution in [-0.4, -0.2) is 31.1 Å². The molecule has 2 heteroatoms. The minimum absolute atomic E-state index is 0.421. The second-order valence-corrected chi connectivity index (χ2v) is 7.28. The van der Waals surface area contributed by atoms with E-state index in [1.54, 1.807) is 0 Å². The highest BCUT2D eigenvalue weighted by atomic mass is 15.1. The Morgan fingerprint density at radius 1 is 1.35 bits per heavy atom. The summed E-state index contributed by atoms with van der Waals surface area (Å²) in [6.07, 6.45) is 5.08. The third-order valence-electron chi connectivity index (χ3n) is 4.21. The summed E-state index contributed by atoms with van der Waals surface area (Å²) >= 11 is 0. The van der Waals surface area contributed by atoms with Crippen molar-refractivity contribution in [2.75, 3.05) is 20.1 Å². The topological polar surface area (TPSA) is 29.3 Å². The van der Waals surface area contributed by atoms with E-state index < -0.39 is 0 Å². The molecule has 0 radical (unpaired) electrons. The van der Waals surface area contributed by atoms with E-state index in [1.165, 1.54) is 38.8 Å². The molecule has 2 nitrogen and oxygen atoms in total. The lowest BCUT2D eigenvalue weighted by molar-refractivity contribution is 0.123. The smallest absolute Gasteiger partial charge is 0.00797 e. The van der Waals surface area contributed by atoms with Crippen LogP contribution in [0, 0.1) is 17.3 Å². The summed E-state index contributed by atoms with van der Waals surface area (Å²) in [6, 6.07) is 0.421. The number of nitrogens with two attached hydrogens (primary N) is 1. The zero-order valence-electron chi connectivity index (χ0n) is 12.5. The van der Waals surface area contributed by atoms with Gasteiger partial charge in [-0.2, -0.15) is 0 Å². The molecule has 1 aliphatic carbocycles. The Bertz CT molecular complexity index is 223. The average molecular weight is 240 g/mol. The maximum atomic E-state index is 6.28. The molecule has 1 saturated carbocycles. The molecule has 0 aliphatic heterocycles. The number of rotatable bonds is 5. The van der Waals surface area contributed by atoms with Gasteiger partial charge in [0.15, 0.2) is 0 Å². The van der Waals surface area contributed by atoms with Gasteiger partial charge in [-0.1, -0.05) is 27.7 Å². The first-order valence-electron chi connectivity index (χ1n) is 7.24. The van der Waals surface area contributed by atoms with Crippen LogP contribution < -0.4 is 5.73 Å². The standard InChI is InChI=1S/C15H32N2/c1-12(2)7-9-17(5)11-13-10-15(3,4)8-6-14(13)16/h12-14H,6-11,16H2,1-5H3. The Hall–Kier alpha value is -0.0800. The van der Waals surface area contributed by atoms with Gasteiger partial charge in [-0.3, -0.25) is 0 Å². The van der Waals surface area contributed by atoms with E-state index in [4.69, 9.17) is 5.73 Å². The molecule has 0 heterocycles. The van der Waals surface area contributed by atoms with Crippen molar-refractivity contribution in [3.05, 3.63) is 0 Å². The molecule has 0 saturated heterocycles. The number of hydrogen-bond acceptors (Lipinski definition) is 2. The van der Waals surface area contributed by atoms with Crippen molar-refractivity contribution in [1.82, 2.24) is 4.90 Å². The molecular formula is C15H32N2. The van der Waals surface area contributed by atoms with Crippen LogP contribution in [0.3, 0.4) is 0 Å². The largest absolute Gasteiger partial charge is 0.327 e. The summed E-state index contributed by atoms with van der Waals surface area (Å²) in [7, 11) is 2.25. The zero-order chi connectivity index (χ0) is 13.1. The van der Waals surface area contributed by atoms with Gasteiger partial charge in [-0.15, -0.1) is 0 Å². The van der Waals surface area contributed by atoms with Crippen LogP contribution in [0.4, 0.5) is 0 Å². The second kappa shape index (κ2) is 6.19. The third-order valence-corrected chi connectivity index (χ3v) is 4.21. The van der Waals surface area contributed by atoms with Crippen molar-refractivity contribution in [1.29, 1.82) is 0 Å². The lowest BCUT2D eigenvalue weighted by atomic mass is 9.70. The van der Waals surface area contributed by atoms with Crippen LogP contribution in [0.25, 0.3) is 0 Å². The van der Waals surface area contributed by atoms with Crippen molar-refractivity contribution in [2.24, 2.45) is 23.0 Å². The number of hydrogen-bond donors (Lipinski definition) is 1. The van der Waals surface area contributed by atoms with Gasteiger partial charge in [0.25, 0.3) is 0 Å². The molecule has 0 spiro atoms. The molecule has 0 bridgehead atoms. The highest BCUT2D eigenvalue weighted by Gasteiger charge is 2.33. The molecule has 2 N–H and O–H groups in total. The molecule has 2 atom stereocenters. The van der Waals surface area contributed by atoms with E-state index in [-0.39, 0.29) is 0 Å². The summed E-state index contributed by atoms with van der Waals surface area (Å²) < 4.78 is 0. The molecule has 0 aromatic heterocycles. The maximum absolute atomic E-state index is 6.28. The Kier molecular flexibility index (Phi) is 5.46.